The summed E-state index contributed by atoms with van der Waals surface area (Å²) in [5, 5.41) is 0. The van der Waals surface area contributed by atoms with Crippen LogP contribution in [-0.2, 0) is 9.53 Å². The van der Waals surface area contributed by atoms with Crippen LogP contribution in [0.25, 0.3) is 0 Å². The molecule has 1 heterocycles. The van der Waals surface area contributed by atoms with Gasteiger partial charge in [0, 0.05) is 33.7 Å². The van der Waals surface area contributed by atoms with Crippen LogP contribution in [0.3, 0.4) is 0 Å². The molecule has 0 aromatic heterocycles. The van der Waals surface area contributed by atoms with Crippen LogP contribution in [0.15, 0.2) is 0 Å². The monoisotopic (exact) mass is 257 g/mol. The largest absolute Gasteiger partial charge is 0.378 e. The van der Waals surface area contributed by atoms with E-state index < -0.39 is 0 Å². The molecule has 0 aliphatic carbocycles. The van der Waals surface area contributed by atoms with Crippen molar-refractivity contribution in [2.45, 2.75) is 13.3 Å². The molecule has 1 aliphatic heterocycles. The lowest BCUT2D eigenvalue weighted by Gasteiger charge is -2.33. The van der Waals surface area contributed by atoms with Gasteiger partial charge in [-0.25, -0.2) is 4.79 Å². The zero-order chi connectivity index (χ0) is 13.5. The number of likely N-dealkylation sites (N-methyl/N-ethyl adjacent to an activating group) is 1. The van der Waals surface area contributed by atoms with Crippen LogP contribution < -0.4 is 0 Å². The zero-order valence-corrected chi connectivity index (χ0v) is 11.5. The first-order valence-corrected chi connectivity index (χ1v) is 6.38. The topological polar surface area (TPSA) is 53.1 Å². The molecule has 0 N–H and O–H groups in total. The summed E-state index contributed by atoms with van der Waals surface area (Å²) in [5.74, 6) is -0.0509. The van der Waals surface area contributed by atoms with Crippen LogP contribution in [0.4, 0.5) is 4.79 Å². The molecular weight excluding hydrogens is 234 g/mol. The average molecular weight is 257 g/mol. The number of ether oxygens (including phenoxy) is 1. The van der Waals surface area contributed by atoms with Crippen molar-refractivity contribution >= 4 is 11.9 Å². The third kappa shape index (κ3) is 4.18. The Labute approximate surface area is 108 Å². The van der Waals surface area contributed by atoms with Gasteiger partial charge >= 0.3 is 6.03 Å². The fourth-order valence-corrected chi connectivity index (χ4v) is 1.77. The molecule has 0 unspecified atom stereocenters. The molecule has 0 saturated carbocycles. The molecule has 0 bridgehead atoms. The van der Waals surface area contributed by atoms with Crippen molar-refractivity contribution in [2.75, 3.05) is 53.5 Å². The summed E-state index contributed by atoms with van der Waals surface area (Å²) in [7, 11) is 3.40. The summed E-state index contributed by atoms with van der Waals surface area (Å²) in [6.07, 6.45) is 0.844. The Morgan fingerprint density at radius 2 is 1.83 bits per heavy atom. The lowest BCUT2D eigenvalue weighted by molar-refractivity contribution is -0.129. The Morgan fingerprint density at radius 1 is 1.22 bits per heavy atom. The zero-order valence-electron chi connectivity index (χ0n) is 11.5. The van der Waals surface area contributed by atoms with Crippen LogP contribution >= 0.6 is 0 Å². The second-order valence-corrected chi connectivity index (χ2v) is 4.59. The quantitative estimate of drug-likeness (QED) is 0.725. The number of urea groups is 1. The Balaban J connectivity index is 2.58. The van der Waals surface area contributed by atoms with E-state index in [4.69, 9.17) is 4.74 Å². The highest BCUT2D eigenvalue weighted by molar-refractivity contribution is 5.83. The van der Waals surface area contributed by atoms with Gasteiger partial charge in [-0.05, 0) is 6.42 Å². The Bertz CT molecular complexity index is 288. The first-order valence-electron chi connectivity index (χ1n) is 6.38. The fourth-order valence-electron chi connectivity index (χ4n) is 1.77. The minimum absolute atomic E-state index is 0.0509. The first-order chi connectivity index (χ1) is 8.56. The van der Waals surface area contributed by atoms with Gasteiger partial charge in [0.25, 0.3) is 0 Å². The molecule has 0 spiro atoms. The molecule has 0 aromatic carbocycles. The van der Waals surface area contributed by atoms with E-state index in [1.54, 1.807) is 23.9 Å². The lowest BCUT2D eigenvalue weighted by Crippen LogP contribution is -2.50. The summed E-state index contributed by atoms with van der Waals surface area (Å²) in [4.78, 5) is 28.9. The summed E-state index contributed by atoms with van der Waals surface area (Å²) in [6, 6.07) is -0.0599. The van der Waals surface area contributed by atoms with Gasteiger partial charge in [-0.2, -0.15) is 0 Å². The van der Waals surface area contributed by atoms with Crippen molar-refractivity contribution in [2.24, 2.45) is 0 Å². The normalized spacial score (nSPS) is 15.4. The number of amides is 3. The van der Waals surface area contributed by atoms with Crippen molar-refractivity contribution in [1.29, 1.82) is 0 Å². The maximum absolute atomic E-state index is 12.3. The molecule has 6 heteroatoms. The van der Waals surface area contributed by atoms with Crippen LogP contribution in [0, 0.1) is 0 Å². The lowest BCUT2D eigenvalue weighted by atomic mass is 10.3. The van der Waals surface area contributed by atoms with E-state index in [1.807, 2.05) is 6.92 Å². The predicted molar refractivity (Wildman–Crippen MR) is 68.3 cm³/mol. The van der Waals surface area contributed by atoms with Gasteiger partial charge in [0.1, 0.15) is 6.54 Å². The Morgan fingerprint density at radius 3 is 2.33 bits per heavy atom. The molecule has 1 fully saturated rings. The van der Waals surface area contributed by atoms with Crippen LogP contribution in [0.5, 0.6) is 0 Å². The van der Waals surface area contributed by atoms with E-state index in [0.717, 1.165) is 6.42 Å². The Hall–Kier alpha value is -1.30. The SMILES string of the molecule is CCCN(CC(=O)N(C)C)C(=O)N1CCOCC1. The van der Waals surface area contributed by atoms with Crippen molar-refractivity contribution < 1.29 is 14.3 Å². The second kappa shape index (κ2) is 7.20. The minimum Gasteiger partial charge on any atom is -0.378 e. The molecule has 18 heavy (non-hydrogen) atoms. The summed E-state index contributed by atoms with van der Waals surface area (Å²) in [6.45, 7) is 5.12. The van der Waals surface area contributed by atoms with Crippen LogP contribution in [0.1, 0.15) is 13.3 Å². The highest BCUT2D eigenvalue weighted by Crippen LogP contribution is 2.04. The van der Waals surface area contributed by atoms with Gasteiger partial charge in [0.15, 0.2) is 0 Å². The van der Waals surface area contributed by atoms with Gasteiger partial charge in [0.05, 0.1) is 13.2 Å². The van der Waals surface area contributed by atoms with E-state index in [-0.39, 0.29) is 18.5 Å². The highest BCUT2D eigenvalue weighted by atomic mass is 16.5. The van der Waals surface area contributed by atoms with E-state index in [9.17, 15) is 9.59 Å². The maximum Gasteiger partial charge on any atom is 0.320 e. The van der Waals surface area contributed by atoms with Gasteiger partial charge in [-0.3, -0.25) is 4.79 Å². The second-order valence-electron chi connectivity index (χ2n) is 4.59. The van der Waals surface area contributed by atoms with Crippen molar-refractivity contribution in [3.63, 3.8) is 0 Å². The number of carbonyl (C=O) groups is 2. The predicted octanol–water partition coefficient (Wildman–Crippen LogP) is 0.239. The molecule has 3 amide bonds. The third-order valence-electron chi connectivity index (χ3n) is 2.87. The molecule has 0 aromatic rings. The van der Waals surface area contributed by atoms with Gasteiger partial charge in [0.2, 0.25) is 5.91 Å². The molecule has 6 nitrogen and oxygen atoms in total. The van der Waals surface area contributed by atoms with E-state index in [2.05, 4.69) is 0 Å². The van der Waals surface area contributed by atoms with Gasteiger partial charge in [-0.15, -0.1) is 0 Å². The standard InChI is InChI=1S/C12H23N3O3/c1-4-5-15(10-11(16)13(2)3)12(17)14-6-8-18-9-7-14/h4-10H2,1-3H3. The average Bonchev–Trinajstić information content (AvgIpc) is 2.38. The smallest absolute Gasteiger partial charge is 0.320 e. The molecule has 104 valence electrons. The number of carbonyl (C=O) groups excluding carboxylic acids is 2. The van der Waals surface area contributed by atoms with E-state index in [1.165, 1.54) is 4.90 Å². The number of rotatable bonds is 4. The molecule has 0 atom stereocenters. The van der Waals surface area contributed by atoms with E-state index >= 15 is 0 Å². The highest BCUT2D eigenvalue weighted by Gasteiger charge is 2.24. The van der Waals surface area contributed by atoms with Crippen LogP contribution in [0.2, 0.25) is 0 Å². The molecule has 1 rings (SSSR count). The van der Waals surface area contributed by atoms with E-state index in [0.29, 0.717) is 32.8 Å². The fraction of sp³-hybridized carbons (Fsp3) is 0.833. The summed E-state index contributed by atoms with van der Waals surface area (Å²) in [5.41, 5.74) is 0. The Kier molecular flexibility index (Phi) is 5.91. The third-order valence-corrected chi connectivity index (χ3v) is 2.87. The molecular formula is C12H23N3O3. The molecule has 1 aliphatic rings. The maximum atomic E-state index is 12.3. The molecule has 1 saturated heterocycles. The van der Waals surface area contributed by atoms with Crippen molar-refractivity contribution in [3.05, 3.63) is 0 Å². The number of hydrogen-bond donors (Lipinski definition) is 0. The molecule has 0 radical (unpaired) electrons. The number of hydrogen-bond acceptors (Lipinski definition) is 3. The van der Waals surface area contributed by atoms with Crippen molar-refractivity contribution in [3.8, 4) is 0 Å². The van der Waals surface area contributed by atoms with Gasteiger partial charge < -0.3 is 19.4 Å². The number of morpholine rings is 1. The summed E-state index contributed by atoms with van der Waals surface area (Å²) >= 11 is 0. The van der Waals surface area contributed by atoms with Gasteiger partial charge in [-0.1, -0.05) is 6.92 Å². The van der Waals surface area contributed by atoms with Crippen molar-refractivity contribution in [1.82, 2.24) is 14.7 Å². The minimum atomic E-state index is -0.0599. The van der Waals surface area contributed by atoms with Crippen LogP contribution in [-0.4, -0.2) is 80.1 Å². The first kappa shape index (κ1) is 14.8. The summed E-state index contributed by atoms with van der Waals surface area (Å²) < 4.78 is 5.22. The number of nitrogens with zero attached hydrogens (tertiary/aromatic N) is 3.